The quantitative estimate of drug-likeness (QED) is 0.835. The molecule has 0 unspecified atom stereocenters. The number of hydrogen-bond donors (Lipinski definition) is 1. The molecule has 2 aromatic rings. The summed E-state index contributed by atoms with van der Waals surface area (Å²) >= 11 is 0. The Morgan fingerprint density at radius 1 is 1.05 bits per heavy atom. The molecule has 114 valence electrons. The summed E-state index contributed by atoms with van der Waals surface area (Å²) in [4.78, 5) is 4.79. The number of aryl methyl sites for hydroxylation is 1. The van der Waals surface area contributed by atoms with Crippen LogP contribution in [0.3, 0.4) is 0 Å². The van der Waals surface area contributed by atoms with Crippen molar-refractivity contribution in [3.63, 3.8) is 0 Å². The number of aromatic nitrogens is 1. The number of hydrogen-bond acceptors (Lipinski definition) is 4. The number of methoxy groups -OCH3 is 2. The highest BCUT2D eigenvalue weighted by atomic mass is 16.5. The van der Waals surface area contributed by atoms with E-state index in [2.05, 4.69) is 25.2 Å². The molecule has 0 fully saturated rings. The van der Waals surface area contributed by atoms with E-state index in [1.807, 2.05) is 12.1 Å². The lowest BCUT2D eigenvalue weighted by Crippen LogP contribution is -2.06. The fraction of sp³-hybridized carbons (Fsp3) is 0.471. The Kier molecular flexibility index (Phi) is 5.26. The number of pyridine rings is 1. The molecule has 0 atom stereocenters. The summed E-state index contributed by atoms with van der Waals surface area (Å²) in [6.07, 6.45) is 3.15. The van der Waals surface area contributed by atoms with Gasteiger partial charge in [0.05, 0.1) is 14.2 Å². The van der Waals surface area contributed by atoms with Crippen molar-refractivity contribution in [3.8, 4) is 11.5 Å². The lowest BCUT2D eigenvalue weighted by Gasteiger charge is -2.15. The van der Waals surface area contributed by atoms with Gasteiger partial charge in [0, 0.05) is 11.9 Å². The number of anilines is 1. The highest BCUT2D eigenvalue weighted by Crippen LogP contribution is 2.34. The molecule has 0 saturated heterocycles. The Hall–Kier alpha value is -1.97. The predicted octanol–water partition coefficient (Wildman–Crippen LogP) is 4.03. The third-order valence-electron chi connectivity index (χ3n) is 3.49. The number of nitrogens with zero attached hydrogens (tertiary/aromatic N) is 1. The first kappa shape index (κ1) is 15.4. The molecule has 0 saturated carbocycles. The minimum atomic E-state index is 0.772. The summed E-state index contributed by atoms with van der Waals surface area (Å²) in [5, 5.41) is 4.42. The first-order valence-electron chi connectivity index (χ1n) is 7.53. The third-order valence-corrected chi connectivity index (χ3v) is 3.49. The van der Waals surface area contributed by atoms with Gasteiger partial charge in [0.15, 0.2) is 0 Å². The van der Waals surface area contributed by atoms with Crippen molar-refractivity contribution in [3.05, 3.63) is 23.8 Å². The molecule has 1 aromatic carbocycles. The van der Waals surface area contributed by atoms with Gasteiger partial charge in [0.1, 0.15) is 22.8 Å². The van der Waals surface area contributed by atoms with Crippen LogP contribution in [0.5, 0.6) is 11.5 Å². The van der Waals surface area contributed by atoms with Crippen molar-refractivity contribution in [1.29, 1.82) is 0 Å². The van der Waals surface area contributed by atoms with Crippen molar-refractivity contribution in [2.45, 2.75) is 33.1 Å². The largest absolute Gasteiger partial charge is 0.496 e. The first-order valence-corrected chi connectivity index (χ1v) is 7.53. The van der Waals surface area contributed by atoms with Crippen LogP contribution >= 0.6 is 0 Å². The Morgan fingerprint density at radius 3 is 2.38 bits per heavy atom. The van der Waals surface area contributed by atoms with Crippen LogP contribution in [0, 0.1) is 0 Å². The standard InChI is InChI=1S/C17H24N2O2/c1-5-7-12-11-13-14(20-3)8-9-15(21-4)16(13)19-17(12)18-10-6-2/h8-9,11H,5-7,10H2,1-4H3,(H,18,19). The van der Waals surface area contributed by atoms with Crippen LogP contribution in [-0.4, -0.2) is 25.7 Å². The minimum absolute atomic E-state index is 0.772. The molecule has 4 heteroatoms. The van der Waals surface area contributed by atoms with Gasteiger partial charge in [-0.3, -0.25) is 0 Å². The van der Waals surface area contributed by atoms with Crippen molar-refractivity contribution < 1.29 is 9.47 Å². The van der Waals surface area contributed by atoms with Gasteiger partial charge in [-0.2, -0.15) is 0 Å². The maximum atomic E-state index is 5.47. The topological polar surface area (TPSA) is 43.4 Å². The molecular weight excluding hydrogens is 264 g/mol. The zero-order valence-corrected chi connectivity index (χ0v) is 13.3. The maximum absolute atomic E-state index is 5.47. The maximum Gasteiger partial charge on any atom is 0.145 e. The van der Waals surface area contributed by atoms with Crippen molar-refractivity contribution in [1.82, 2.24) is 4.98 Å². The van der Waals surface area contributed by atoms with Crippen LogP contribution in [0.1, 0.15) is 32.3 Å². The van der Waals surface area contributed by atoms with E-state index in [4.69, 9.17) is 14.5 Å². The summed E-state index contributed by atoms with van der Waals surface area (Å²) in [7, 11) is 3.35. The molecule has 0 aliphatic rings. The van der Waals surface area contributed by atoms with Gasteiger partial charge in [-0.15, -0.1) is 0 Å². The van der Waals surface area contributed by atoms with Gasteiger partial charge < -0.3 is 14.8 Å². The molecule has 2 rings (SSSR count). The second-order valence-electron chi connectivity index (χ2n) is 5.04. The molecule has 0 aliphatic heterocycles. The van der Waals surface area contributed by atoms with E-state index in [1.165, 1.54) is 5.56 Å². The molecule has 21 heavy (non-hydrogen) atoms. The van der Waals surface area contributed by atoms with Gasteiger partial charge in [-0.1, -0.05) is 20.3 Å². The SMILES string of the molecule is CCCNc1nc2c(OC)ccc(OC)c2cc1CCC. The number of nitrogens with one attached hydrogen (secondary N) is 1. The lowest BCUT2D eigenvalue weighted by molar-refractivity contribution is 0.409. The van der Waals surface area contributed by atoms with Gasteiger partial charge >= 0.3 is 0 Å². The number of benzene rings is 1. The van der Waals surface area contributed by atoms with Crippen molar-refractivity contribution >= 4 is 16.7 Å². The van der Waals surface area contributed by atoms with Crippen molar-refractivity contribution in [2.24, 2.45) is 0 Å². The van der Waals surface area contributed by atoms with Crippen LogP contribution in [-0.2, 0) is 6.42 Å². The highest BCUT2D eigenvalue weighted by molar-refractivity contribution is 5.92. The molecule has 1 N–H and O–H groups in total. The van der Waals surface area contributed by atoms with Gasteiger partial charge in [-0.05, 0) is 36.6 Å². The zero-order valence-electron chi connectivity index (χ0n) is 13.3. The minimum Gasteiger partial charge on any atom is -0.496 e. The summed E-state index contributed by atoms with van der Waals surface area (Å²) < 4.78 is 10.9. The fourth-order valence-corrected chi connectivity index (χ4v) is 2.45. The van der Waals surface area contributed by atoms with E-state index in [0.717, 1.165) is 54.0 Å². The van der Waals surface area contributed by atoms with Gasteiger partial charge in [-0.25, -0.2) is 4.98 Å². The predicted molar refractivity (Wildman–Crippen MR) is 87.6 cm³/mol. The Morgan fingerprint density at radius 2 is 1.76 bits per heavy atom. The molecule has 0 spiro atoms. The van der Waals surface area contributed by atoms with Crippen LogP contribution in [0.25, 0.3) is 10.9 Å². The van der Waals surface area contributed by atoms with E-state index < -0.39 is 0 Å². The number of rotatable bonds is 7. The fourth-order valence-electron chi connectivity index (χ4n) is 2.45. The third kappa shape index (κ3) is 3.20. The highest BCUT2D eigenvalue weighted by Gasteiger charge is 2.13. The number of ether oxygens (including phenoxy) is 2. The molecule has 0 amide bonds. The van der Waals surface area contributed by atoms with E-state index >= 15 is 0 Å². The van der Waals surface area contributed by atoms with E-state index in [9.17, 15) is 0 Å². The van der Waals surface area contributed by atoms with E-state index in [1.54, 1.807) is 14.2 Å². The average molecular weight is 288 g/mol. The number of fused-ring (bicyclic) bond motifs is 1. The molecule has 1 aromatic heterocycles. The van der Waals surface area contributed by atoms with Crippen LogP contribution < -0.4 is 14.8 Å². The summed E-state index contributed by atoms with van der Waals surface area (Å²) in [5.74, 6) is 2.56. The zero-order chi connectivity index (χ0) is 15.2. The molecular formula is C17H24N2O2. The second-order valence-corrected chi connectivity index (χ2v) is 5.04. The van der Waals surface area contributed by atoms with Gasteiger partial charge in [0.25, 0.3) is 0 Å². The smallest absolute Gasteiger partial charge is 0.145 e. The van der Waals surface area contributed by atoms with Crippen LogP contribution in [0.2, 0.25) is 0 Å². The van der Waals surface area contributed by atoms with E-state index in [-0.39, 0.29) is 0 Å². The Balaban J connectivity index is 2.63. The average Bonchev–Trinajstić information content (AvgIpc) is 2.52. The molecule has 0 aliphatic carbocycles. The first-order chi connectivity index (χ1) is 10.2. The van der Waals surface area contributed by atoms with E-state index in [0.29, 0.717) is 0 Å². The normalized spacial score (nSPS) is 10.7. The molecule has 0 bridgehead atoms. The molecule has 4 nitrogen and oxygen atoms in total. The Labute approximate surface area is 126 Å². The summed E-state index contributed by atoms with van der Waals surface area (Å²) in [6.45, 7) is 5.25. The monoisotopic (exact) mass is 288 g/mol. The lowest BCUT2D eigenvalue weighted by atomic mass is 10.1. The molecule has 1 heterocycles. The Bertz CT molecular complexity index is 611. The summed E-state index contributed by atoms with van der Waals surface area (Å²) in [6, 6.07) is 6.00. The van der Waals surface area contributed by atoms with Crippen molar-refractivity contribution in [2.75, 3.05) is 26.1 Å². The summed E-state index contributed by atoms with van der Waals surface area (Å²) in [5.41, 5.74) is 2.07. The van der Waals surface area contributed by atoms with Crippen LogP contribution in [0.4, 0.5) is 5.82 Å². The molecule has 0 radical (unpaired) electrons. The second kappa shape index (κ2) is 7.16. The van der Waals surface area contributed by atoms with Gasteiger partial charge in [0.2, 0.25) is 0 Å². The van der Waals surface area contributed by atoms with Crippen LogP contribution in [0.15, 0.2) is 18.2 Å².